The van der Waals surface area contributed by atoms with E-state index in [1.54, 1.807) is 0 Å². The topological polar surface area (TPSA) is 49.3 Å². The largest absolute Gasteiger partial charge is 0.465 e. The highest BCUT2D eigenvalue weighted by Gasteiger charge is 1.85. The van der Waals surface area contributed by atoms with E-state index in [0.29, 0.717) is 0 Å². The average molecular weight is 93.1 g/mol. The standard InChI is InChI=1S/C2H4FNO2/c3-1-4-2(5)6/h4H,1H2,(H,5,6). The van der Waals surface area contributed by atoms with E-state index < -0.39 is 12.9 Å². The van der Waals surface area contributed by atoms with Crippen molar-refractivity contribution in [2.45, 2.75) is 0 Å². The van der Waals surface area contributed by atoms with Gasteiger partial charge in [0.25, 0.3) is 0 Å². The maximum atomic E-state index is 10.8. The zero-order chi connectivity index (χ0) is 4.99. The minimum atomic E-state index is -1.34. The van der Waals surface area contributed by atoms with Gasteiger partial charge < -0.3 is 5.11 Å². The summed E-state index contributed by atoms with van der Waals surface area (Å²) in [7, 11) is 0. The number of carboxylic acid groups (broad SMARTS) is 1. The van der Waals surface area contributed by atoms with Crippen LogP contribution in [0.4, 0.5) is 9.18 Å². The van der Waals surface area contributed by atoms with Gasteiger partial charge in [-0.3, -0.25) is 5.32 Å². The molecule has 0 fully saturated rings. The summed E-state index contributed by atoms with van der Waals surface area (Å²) >= 11 is 0. The Kier molecular flexibility index (Phi) is 2.11. The fraction of sp³-hybridized carbons (Fsp3) is 0.500. The Morgan fingerprint density at radius 2 is 2.50 bits per heavy atom. The molecular formula is C2H4FNO2. The molecule has 0 saturated heterocycles. The van der Waals surface area contributed by atoms with E-state index in [-0.39, 0.29) is 0 Å². The summed E-state index contributed by atoms with van der Waals surface area (Å²) in [4.78, 5) is 9.25. The van der Waals surface area contributed by atoms with Crippen molar-refractivity contribution in [1.82, 2.24) is 5.32 Å². The van der Waals surface area contributed by atoms with Gasteiger partial charge in [0, 0.05) is 0 Å². The fourth-order valence-electron chi connectivity index (χ4n) is 0.0572. The highest BCUT2D eigenvalue weighted by Crippen LogP contribution is 1.57. The summed E-state index contributed by atoms with van der Waals surface area (Å²) in [6.07, 6.45) is -1.34. The molecule has 0 aliphatic heterocycles. The molecule has 3 nitrogen and oxygen atoms in total. The molecule has 0 heterocycles. The molecule has 0 spiro atoms. The zero-order valence-electron chi connectivity index (χ0n) is 2.94. The van der Waals surface area contributed by atoms with Gasteiger partial charge in [-0.2, -0.15) is 0 Å². The van der Waals surface area contributed by atoms with Crippen LogP contribution < -0.4 is 5.32 Å². The predicted octanol–water partition coefficient (Wildman–Crippen LogP) is 0.181. The van der Waals surface area contributed by atoms with Crippen LogP contribution in [0.2, 0.25) is 0 Å². The lowest BCUT2D eigenvalue weighted by Crippen LogP contribution is -2.18. The Bertz CT molecular complexity index is 55.5. The molecule has 0 unspecified atom stereocenters. The van der Waals surface area contributed by atoms with Crippen LogP contribution in [0.1, 0.15) is 0 Å². The molecule has 0 aromatic heterocycles. The number of amides is 1. The average Bonchev–Trinajstić information content (AvgIpc) is 1.35. The lowest BCUT2D eigenvalue weighted by Gasteiger charge is -1.84. The summed E-state index contributed by atoms with van der Waals surface area (Å²) in [6, 6.07) is 0. The minimum absolute atomic E-state index is 1.02. The zero-order valence-corrected chi connectivity index (χ0v) is 2.94. The third kappa shape index (κ3) is 3.20. The molecule has 0 saturated carbocycles. The second-order valence-corrected chi connectivity index (χ2v) is 0.616. The Balaban J connectivity index is 2.83. The van der Waals surface area contributed by atoms with Crippen LogP contribution in [-0.2, 0) is 0 Å². The van der Waals surface area contributed by atoms with E-state index in [1.807, 2.05) is 0 Å². The van der Waals surface area contributed by atoms with E-state index in [9.17, 15) is 9.18 Å². The lowest BCUT2D eigenvalue weighted by atomic mass is 11.1. The minimum Gasteiger partial charge on any atom is -0.465 e. The van der Waals surface area contributed by atoms with Gasteiger partial charge in [-0.15, -0.1) is 0 Å². The van der Waals surface area contributed by atoms with Crippen LogP contribution in [0.3, 0.4) is 0 Å². The summed E-state index contributed by atoms with van der Waals surface area (Å²) < 4.78 is 10.8. The number of halogens is 1. The number of hydrogen-bond acceptors (Lipinski definition) is 1. The van der Waals surface area contributed by atoms with Crippen molar-refractivity contribution in [1.29, 1.82) is 0 Å². The number of nitrogens with one attached hydrogen (secondary N) is 1. The highest BCUT2D eigenvalue weighted by molar-refractivity contribution is 5.63. The van der Waals surface area contributed by atoms with Gasteiger partial charge in [0.1, 0.15) is 0 Å². The molecule has 0 atom stereocenters. The molecule has 0 radical (unpaired) electrons. The monoisotopic (exact) mass is 93.0 g/mol. The van der Waals surface area contributed by atoms with Crippen molar-refractivity contribution in [2.24, 2.45) is 0 Å². The molecule has 0 aromatic rings. The van der Waals surface area contributed by atoms with Crippen molar-refractivity contribution in [3.05, 3.63) is 0 Å². The van der Waals surface area contributed by atoms with Gasteiger partial charge in [-0.1, -0.05) is 0 Å². The first-order valence-corrected chi connectivity index (χ1v) is 1.30. The van der Waals surface area contributed by atoms with E-state index in [0.717, 1.165) is 0 Å². The molecule has 0 rings (SSSR count). The van der Waals surface area contributed by atoms with Crippen LogP contribution in [-0.4, -0.2) is 18.0 Å². The molecule has 0 bridgehead atoms. The van der Waals surface area contributed by atoms with Crippen molar-refractivity contribution >= 4 is 6.09 Å². The van der Waals surface area contributed by atoms with Crippen LogP contribution in [0.15, 0.2) is 0 Å². The van der Waals surface area contributed by atoms with Gasteiger partial charge in [0.15, 0.2) is 6.80 Å². The fourth-order valence-corrected chi connectivity index (χ4v) is 0.0572. The van der Waals surface area contributed by atoms with Gasteiger partial charge in [0.05, 0.1) is 0 Å². The predicted molar refractivity (Wildman–Crippen MR) is 17.1 cm³/mol. The number of alkyl halides is 1. The summed E-state index contributed by atoms with van der Waals surface area (Å²) in [5.74, 6) is 0. The molecule has 0 aliphatic carbocycles. The lowest BCUT2D eigenvalue weighted by molar-refractivity contribution is 0.189. The second kappa shape index (κ2) is 2.44. The Labute approximate surface area is 33.8 Å². The first-order chi connectivity index (χ1) is 2.77. The highest BCUT2D eigenvalue weighted by atomic mass is 19.1. The third-order valence-electron chi connectivity index (χ3n) is 0.218. The summed E-state index contributed by atoms with van der Waals surface area (Å²) in [6.45, 7) is -1.02. The smallest absolute Gasteiger partial charge is 0.406 e. The van der Waals surface area contributed by atoms with Crippen LogP contribution in [0.25, 0.3) is 0 Å². The second-order valence-electron chi connectivity index (χ2n) is 0.616. The van der Waals surface area contributed by atoms with E-state index >= 15 is 0 Å². The molecule has 2 N–H and O–H groups in total. The first kappa shape index (κ1) is 5.20. The SMILES string of the molecule is O=C(O)NCF. The quantitative estimate of drug-likeness (QED) is 0.454. The van der Waals surface area contributed by atoms with Crippen LogP contribution in [0, 0.1) is 0 Å². The maximum absolute atomic E-state index is 10.8. The Hall–Kier alpha value is -0.800. The molecule has 36 valence electrons. The maximum Gasteiger partial charge on any atom is 0.406 e. The van der Waals surface area contributed by atoms with Crippen molar-refractivity contribution in [2.75, 3.05) is 6.80 Å². The van der Waals surface area contributed by atoms with Crippen molar-refractivity contribution < 1.29 is 14.3 Å². The molecule has 0 aliphatic rings. The van der Waals surface area contributed by atoms with Gasteiger partial charge in [-0.25, -0.2) is 9.18 Å². The number of rotatable bonds is 1. The van der Waals surface area contributed by atoms with Gasteiger partial charge >= 0.3 is 6.09 Å². The van der Waals surface area contributed by atoms with Crippen LogP contribution in [0.5, 0.6) is 0 Å². The van der Waals surface area contributed by atoms with Gasteiger partial charge in [-0.05, 0) is 0 Å². The summed E-state index contributed by atoms with van der Waals surface area (Å²) in [5.41, 5.74) is 0. The Morgan fingerprint density at radius 3 is 2.50 bits per heavy atom. The van der Waals surface area contributed by atoms with Crippen molar-refractivity contribution in [3.8, 4) is 0 Å². The Morgan fingerprint density at radius 1 is 2.00 bits per heavy atom. The molecule has 4 heteroatoms. The normalized spacial score (nSPS) is 7.50. The van der Waals surface area contributed by atoms with E-state index in [4.69, 9.17) is 5.11 Å². The molecule has 6 heavy (non-hydrogen) atoms. The number of carbonyl (C=O) groups is 1. The summed E-state index contributed by atoms with van der Waals surface area (Å²) in [5, 5.41) is 9.02. The molecule has 1 amide bonds. The first-order valence-electron chi connectivity index (χ1n) is 1.30. The number of hydrogen-bond donors (Lipinski definition) is 2. The van der Waals surface area contributed by atoms with E-state index in [2.05, 4.69) is 0 Å². The van der Waals surface area contributed by atoms with Crippen molar-refractivity contribution in [3.63, 3.8) is 0 Å². The van der Waals surface area contributed by atoms with Gasteiger partial charge in [0.2, 0.25) is 0 Å². The molecular weight excluding hydrogens is 89.0 g/mol. The molecule has 0 aromatic carbocycles. The van der Waals surface area contributed by atoms with Crippen LogP contribution >= 0.6 is 0 Å². The third-order valence-corrected chi connectivity index (χ3v) is 0.218. The van der Waals surface area contributed by atoms with E-state index in [1.165, 1.54) is 5.32 Å².